The number of anilines is 1. The topological polar surface area (TPSA) is 32.3 Å². The van der Waals surface area contributed by atoms with Crippen molar-refractivity contribution in [2.75, 3.05) is 18.5 Å². The van der Waals surface area contributed by atoms with Crippen LogP contribution in [0.2, 0.25) is 0 Å². The van der Waals surface area contributed by atoms with E-state index in [9.17, 15) is 0 Å². The molecule has 0 radical (unpaired) electrons. The summed E-state index contributed by atoms with van der Waals surface area (Å²) >= 11 is 0. The zero-order valence-corrected chi connectivity index (χ0v) is 10.2. The van der Waals surface area contributed by atoms with E-state index in [-0.39, 0.29) is 6.61 Å². The Morgan fingerprint density at radius 2 is 1.67 bits per heavy atom. The van der Waals surface area contributed by atoms with Crippen LogP contribution in [0.5, 0.6) is 0 Å². The van der Waals surface area contributed by atoms with Gasteiger partial charge in [0, 0.05) is 12.2 Å². The average Bonchev–Trinajstić information content (AvgIpc) is 2.45. The maximum atomic E-state index is 8.64. The van der Waals surface area contributed by atoms with Crippen molar-refractivity contribution in [2.24, 2.45) is 0 Å². The molecule has 0 aliphatic heterocycles. The van der Waals surface area contributed by atoms with Gasteiger partial charge in [0.05, 0.1) is 6.61 Å². The van der Waals surface area contributed by atoms with E-state index in [0.29, 0.717) is 0 Å². The Kier molecular flexibility index (Phi) is 4.56. The summed E-state index contributed by atoms with van der Waals surface area (Å²) < 4.78 is 0. The van der Waals surface area contributed by atoms with Crippen LogP contribution in [0.3, 0.4) is 0 Å². The molecule has 0 bridgehead atoms. The van der Waals surface area contributed by atoms with E-state index < -0.39 is 0 Å². The lowest BCUT2D eigenvalue weighted by Gasteiger charge is -2.06. The largest absolute Gasteiger partial charge is 0.392 e. The normalized spacial score (nSPS) is 10.7. The van der Waals surface area contributed by atoms with Crippen LogP contribution in [0.25, 0.3) is 11.1 Å². The van der Waals surface area contributed by atoms with Gasteiger partial charge in [-0.25, -0.2) is 0 Å². The molecule has 2 aromatic carbocycles. The Bertz CT molecular complexity index is 506. The molecule has 0 aliphatic rings. The van der Waals surface area contributed by atoms with Crippen molar-refractivity contribution < 1.29 is 5.11 Å². The van der Waals surface area contributed by atoms with Crippen molar-refractivity contribution in [1.82, 2.24) is 0 Å². The van der Waals surface area contributed by atoms with Gasteiger partial charge in [0.2, 0.25) is 0 Å². The summed E-state index contributed by atoms with van der Waals surface area (Å²) in [7, 11) is 0. The second-order valence-corrected chi connectivity index (χ2v) is 3.98. The van der Waals surface area contributed by atoms with Gasteiger partial charge in [0.1, 0.15) is 0 Å². The molecular weight excluding hydrogens is 222 g/mol. The van der Waals surface area contributed by atoms with Crippen molar-refractivity contribution in [3.05, 3.63) is 66.7 Å². The summed E-state index contributed by atoms with van der Waals surface area (Å²) in [5.74, 6) is 0. The Morgan fingerprint density at radius 1 is 0.889 bits per heavy atom. The SMILES string of the molecule is OC/C=C/CNc1cccc(-c2ccccc2)c1. The third-order valence-corrected chi connectivity index (χ3v) is 2.67. The van der Waals surface area contributed by atoms with Crippen LogP contribution in [0.1, 0.15) is 0 Å². The van der Waals surface area contributed by atoms with E-state index >= 15 is 0 Å². The van der Waals surface area contributed by atoms with Crippen LogP contribution in [-0.4, -0.2) is 18.3 Å². The second-order valence-electron chi connectivity index (χ2n) is 3.98. The molecule has 2 nitrogen and oxygen atoms in total. The highest BCUT2D eigenvalue weighted by atomic mass is 16.2. The van der Waals surface area contributed by atoms with Gasteiger partial charge < -0.3 is 10.4 Å². The molecule has 0 aromatic heterocycles. The third-order valence-electron chi connectivity index (χ3n) is 2.67. The van der Waals surface area contributed by atoms with Crippen LogP contribution < -0.4 is 5.32 Å². The van der Waals surface area contributed by atoms with Crippen LogP contribution in [0.4, 0.5) is 5.69 Å². The molecular formula is C16H17NO. The number of aliphatic hydroxyl groups is 1. The molecule has 0 atom stereocenters. The predicted octanol–water partition coefficient (Wildman–Crippen LogP) is 3.31. The fourth-order valence-electron chi connectivity index (χ4n) is 1.77. The molecule has 0 amide bonds. The Balaban J connectivity index is 2.08. The van der Waals surface area contributed by atoms with E-state index in [1.54, 1.807) is 6.08 Å². The van der Waals surface area contributed by atoms with Crippen LogP contribution in [-0.2, 0) is 0 Å². The molecule has 2 N–H and O–H groups in total. The van der Waals surface area contributed by atoms with Crippen LogP contribution >= 0.6 is 0 Å². The van der Waals surface area contributed by atoms with Crippen molar-refractivity contribution in [3.8, 4) is 11.1 Å². The lowest BCUT2D eigenvalue weighted by atomic mass is 10.1. The highest BCUT2D eigenvalue weighted by Gasteiger charge is 1.97. The van der Waals surface area contributed by atoms with Gasteiger partial charge in [0.15, 0.2) is 0 Å². The number of rotatable bonds is 5. The number of hydrogen-bond acceptors (Lipinski definition) is 2. The smallest absolute Gasteiger partial charge is 0.0613 e. The maximum Gasteiger partial charge on any atom is 0.0613 e. The van der Waals surface area contributed by atoms with Gasteiger partial charge in [-0.3, -0.25) is 0 Å². The van der Waals surface area contributed by atoms with Crippen molar-refractivity contribution >= 4 is 5.69 Å². The van der Waals surface area contributed by atoms with Crippen molar-refractivity contribution in [2.45, 2.75) is 0 Å². The second kappa shape index (κ2) is 6.62. The third kappa shape index (κ3) is 3.47. The molecule has 0 spiro atoms. The minimum Gasteiger partial charge on any atom is -0.392 e. The van der Waals surface area contributed by atoms with Crippen LogP contribution in [0, 0.1) is 0 Å². The molecule has 0 heterocycles. The first-order chi connectivity index (χ1) is 8.90. The molecule has 92 valence electrons. The van der Waals surface area contributed by atoms with Crippen molar-refractivity contribution in [1.29, 1.82) is 0 Å². The van der Waals surface area contributed by atoms with Crippen molar-refractivity contribution in [3.63, 3.8) is 0 Å². The Labute approximate surface area is 108 Å². The average molecular weight is 239 g/mol. The van der Waals surface area contributed by atoms with E-state index in [2.05, 4.69) is 29.6 Å². The highest BCUT2D eigenvalue weighted by Crippen LogP contribution is 2.22. The molecule has 0 aliphatic carbocycles. The molecule has 0 saturated heterocycles. The van der Waals surface area contributed by atoms with Gasteiger partial charge in [-0.2, -0.15) is 0 Å². The van der Waals surface area contributed by atoms with E-state index in [0.717, 1.165) is 12.2 Å². The molecule has 2 heteroatoms. The maximum absolute atomic E-state index is 8.64. The summed E-state index contributed by atoms with van der Waals surface area (Å²) in [5, 5.41) is 11.9. The Hall–Kier alpha value is -2.06. The summed E-state index contributed by atoms with van der Waals surface area (Å²) in [6.07, 6.45) is 3.64. The van der Waals surface area contributed by atoms with E-state index in [4.69, 9.17) is 5.11 Å². The Morgan fingerprint density at radius 3 is 2.44 bits per heavy atom. The predicted molar refractivity (Wildman–Crippen MR) is 76.6 cm³/mol. The zero-order valence-electron chi connectivity index (χ0n) is 10.2. The summed E-state index contributed by atoms with van der Waals surface area (Å²) in [4.78, 5) is 0. The van der Waals surface area contributed by atoms with Gasteiger partial charge >= 0.3 is 0 Å². The standard InChI is InChI=1S/C16H17NO/c18-12-5-4-11-17-16-10-6-9-15(13-16)14-7-2-1-3-8-14/h1-10,13,17-18H,11-12H2/b5-4+. The number of aliphatic hydroxyl groups excluding tert-OH is 1. The molecule has 18 heavy (non-hydrogen) atoms. The summed E-state index contributed by atoms with van der Waals surface area (Å²) in [6, 6.07) is 18.6. The minimum atomic E-state index is 0.0890. The zero-order chi connectivity index (χ0) is 12.6. The fraction of sp³-hybridized carbons (Fsp3) is 0.125. The number of benzene rings is 2. The van der Waals surface area contributed by atoms with Gasteiger partial charge in [0.25, 0.3) is 0 Å². The molecule has 0 saturated carbocycles. The summed E-state index contributed by atoms with van der Waals surface area (Å²) in [6.45, 7) is 0.810. The first kappa shape index (κ1) is 12.4. The molecule has 0 fully saturated rings. The number of nitrogens with one attached hydrogen (secondary N) is 1. The highest BCUT2D eigenvalue weighted by molar-refractivity contribution is 5.67. The lowest BCUT2D eigenvalue weighted by Crippen LogP contribution is -1.98. The van der Waals surface area contributed by atoms with Gasteiger partial charge in [-0.15, -0.1) is 0 Å². The monoisotopic (exact) mass is 239 g/mol. The molecule has 2 aromatic rings. The fourth-order valence-corrected chi connectivity index (χ4v) is 1.77. The minimum absolute atomic E-state index is 0.0890. The van der Waals surface area contributed by atoms with E-state index in [1.165, 1.54) is 11.1 Å². The molecule has 2 rings (SSSR count). The van der Waals surface area contributed by atoms with E-state index in [1.807, 2.05) is 36.4 Å². The lowest BCUT2D eigenvalue weighted by molar-refractivity contribution is 0.342. The first-order valence-electron chi connectivity index (χ1n) is 6.05. The van der Waals surface area contributed by atoms with Gasteiger partial charge in [-0.1, -0.05) is 54.6 Å². The van der Waals surface area contributed by atoms with Gasteiger partial charge in [-0.05, 0) is 23.3 Å². The quantitative estimate of drug-likeness (QED) is 0.784. The molecule has 0 unspecified atom stereocenters. The van der Waals surface area contributed by atoms with Crippen LogP contribution in [0.15, 0.2) is 66.7 Å². The number of hydrogen-bond donors (Lipinski definition) is 2. The summed E-state index contributed by atoms with van der Waals surface area (Å²) in [5.41, 5.74) is 3.50. The first-order valence-corrected chi connectivity index (χ1v) is 6.05.